The first-order valence-corrected chi connectivity index (χ1v) is 12.3. The predicted octanol–water partition coefficient (Wildman–Crippen LogP) is 6.92. The summed E-state index contributed by atoms with van der Waals surface area (Å²) in [4.78, 5) is 17.9. The molecule has 0 saturated heterocycles. The quantitative estimate of drug-likeness (QED) is 0.370. The summed E-state index contributed by atoms with van der Waals surface area (Å²) in [5, 5.41) is 10.9. The van der Waals surface area contributed by atoms with Gasteiger partial charge in [-0.3, -0.25) is 4.98 Å². The Balaban J connectivity index is 1.61. The topological polar surface area (TPSA) is 68.7 Å². The van der Waals surface area contributed by atoms with Crippen LogP contribution in [0.15, 0.2) is 54.6 Å². The molecule has 34 heavy (non-hydrogen) atoms. The van der Waals surface area contributed by atoms with Gasteiger partial charge in [0.25, 0.3) is 0 Å². The van der Waals surface area contributed by atoms with Crippen LogP contribution in [0.3, 0.4) is 0 Å². The van der Waals surface area contributed by atoms with Crippen LogP contribution in [0, 0.1) is 6.92 Å². The molecule has 3 aromatic rings. The van der Waals surface area contributed by atoms with Crippen molar-refractivity contribution in [1.82, 2.24) is 4.98 Å². The summed E-state index contributed by atoms with van der Waals surface area (Å²) in [6.45, 7) is 3.88. The van der Waals surface area contributed by atoms with E-state index in [-0.39, 0.29) is 17.4 Å². The molecule has 2 aromatic carbocycles. The van der Waals surface area contributed by atoms with E-state index in [0.29, 0.717) is 24.1 Å². The van der Waals surface area contributed by atoms with E-state index in [1.165, 1.54) is 6.42 Å². The SMILES string of the molecule is CCCc1nc(Cc2cccc(Oc3ccccc3)c2)c(C)c(C(=O)OC2CCCCC2)c1O. The van der Waals surface area contributed by atoms with E-state index in [9.17, 15) is 9.90 Å². The number of esters is 1. The van der Waals surface area contributed by atoms with Gasteiger partial charge in [-0.2, -0.15) is 0 Å². The van der Waals surface area contributed by atoms with Gasteiger partial charge in [0.2, 0.25) is 0 Å². The largest absolute Gasteiger partial charge is 0.505 e. The summed E-state index contributed by atoms with van der Waals surface area (Å²) in [6.07, 6.45) is 6.99. The number of para-hydroxylation sites is 1. The lowest BCUT2D eigenvalue weighted by molar-refractivity contribution is 0.0206. The molecule has 5 heteroatoms. The zero-order chi connectivity index (χ0) is 23.9. The fourth-order valence-corrected chi connectivity index (χ4v) is 4.53. The molecule has 1 heterocycles. The molecule has 4 rings (SSSR count). The highest BCUT2D eigenvalue weighted by Gasteiger charge is 2.26. The Hall–Kier alpha value is -3.34. The van der Waals surface area contributed by atoms with Gasteiger partial charge in [-0.25, -0.2) is 4.79 Å². The van der Waals surface area contributed by atoms with Crippen LogP contribution < -0.4 is 4.74 Å². The normalized spacial score (nSPS) is 14.1. The lowest BCUT2D eigenvalue weighted by atomic mass is 9.97. The van der Waals surface area contributed by atoms with Crippen LogP contribution in [0.1, 0.15) is 78.3 Å². The van der Waals surface area contributed by atoms with Crippen LogP contribution in [0.5, 0.6) is 17.2 Å². The maximum absolute atomic E-state index is 13.1. The Morgan fingerprint density at radius 3 is 2.47 bits per heavy atom. The number of pyridine rings is 1. The lowest BCUT2D eigenvalue weighted by Gasteiger charge is -2.23. The number of aryl methyl sites for hydroxylation is 1. The summed E-state index contributed by atoms with van der Waals surface area (Å²) in [7, 11) is 0. The van der Waals surface area contributed by atoms with Crippen LogP contribution >= 0.6 is 0 Å². The molecule has 0 amide bonds. The van der Waals surface area contributed by atoms with Gasteiger partial charge in [0, 0.05) is 12.1 Å². The predicted molar refractivity (Wildman–Crippen MR) is 133 cm³/mol. The number of carbonyl (C=O) groups excluding carboxylic acids is 1. The van der Waals surface area contributed by atoms with Gasteiger partial charge in [-0.15, -0.1) is 0 Å². The first-order valence-electron chi connectivity index (χ1n) is 12.3. The van der Waals surface area contributed by atoms with Crippen molar-refractivity contribution in [2.24, 2.45) is 0 Å². The number of hydrogen-bond acceptors (Lipinski definition) is 5. The Morgan fingerprint density at radius 2 is 1.74 bits per heavy atom. The molecule has 1 N–H and O–H groups in total. The number of aromatic hydroxyl groups is 1. The number of benzene rings is 2. The first kappa shape index (κ1) is 23.8. The smallest absolute Gasteiger partial charge is 0.342 e. The van der Waals surface area contributed by atoms with Crippen molar-refractivity contribution in [2.75, 3.05) is 0 Å². The van der Waals surface area contributed by atoms with Gasteiger partial charge in [0.15, 0.2) is 5.75 Å². The van der Waals surface area contributed by atoms with E-state index in [0.717, 1.165) is 54.9 Å². The van der Waals surface area contributed by atoms with E-state index in [1.54, 1.807) is 0 Å². The summed E-state index contributed by atoms with van der Waals surface area (Å²) >= 11 is 0. The Kier molecular flexibility index (Phi) is 7.84. The summed E-state index contributed by atoms with van der Waals surface area (Å²) in [5.41, 5.74) is 3.27. The standard InChI is InChI=1S/C29H33NO4/c1-3-11-25-28(31)27(29(32)34-23-15-8-5-9-16-23)20(2)26(30-25)19-21-12-10-17-24(18-21)33-22-13-6-4-7-14-22/h4,6-7,10,12-14,17-18,23,31H,3,5,8-9,11,15-16,19H2,1-2H3. The second-order valence-electron chi connectivity index (χ2n) is 9.01. The van der Waals surface area contributed by atoms with Crippen molar-refractivity contribution in [1.29, 1.82) is 0 Å². The third-order valence-electron chi connectivity index (χ3n) is 6.35. The molecule has 5 nitrogen and oxygen atoms in total. The van der Waals surface area contributed by atoms with Crippen molar-refractivity contribution in [3.8, 4) is 17.2 Å². The third kappa shape index (κ3) is 5.77. The van der Waals surface area contributed by atoms with Crippen molar-refractivity contribution < 1.29 is 19.4 Å². The molecule has 0 atom stereocenters. The Labute approximate surface area is 201 Å². The van der Waals surface area contributed by atoms with Crippen LogP contribution in [-0.4, -0.2) is 22.2 Å². The highest BCUT2D eigenvalue weighted by Crippen LogP contribution is 2.32. The second kappa shape index (κ2) is 11.2. The number of ether oxygens (including phenoxy) is 2. The minimum atomic E-state index is -0.441. The van der Waals surface area contributed by atoms with Crippen molar-refractivity contribution in [2.45, 2.75) is 71.3 Å². The van der Waals surface area contributed by atoms with Crippen LogP contribution in [-0.2, 0) is 17.6 Å². The van der Waals surface area contributed by atoms with Gasteiger partial charge in [-0.1, -0.05) is 50.1 Å². The first-order chi connectivity index (χ1) is 16.5. The summed E-state index contributed by atoms with van der Waals surface area (Å²) in [5.74, 6) is 1.04. The van der Waals surface area contributed by atoms with Gasteiger partial charge in [0.05, 0.1) is 5.69 Å². The van der Waals surface area contributed by atoms with Crippen LogP contribution in [0.4, 0.5) is 0 Å². The molecular weight excluding hydrogens is 426 g/mol. The molecular formula is C29H33NO4. The van der Waals surface area contributed by atoms with E-state index in [1.807, 2.05) is 68.4 Å². The molecule has 1 aromatic heterocycles. The number of rotatable bonds is 8. The minimum Gasteiger partial charge on any atom is -0.505 e. The maximum Gasteiger partial charge on any atom is 0.342 e. The highest BCUT2D eigenvalue weighted by atomic mass is 16.5. The molecule has 0 radical (unpaired) electrons. The van der Waals surface area contributed by atoms with Crippen molar-refractivity contribution in [3.63, 3.8) is 0 Å². The number of hydrogen-bond donors (Lipinski definition) is 1. The summed E-state index contributed by atoms with van der Waals surface area (Å²) < 4.78 is 11.8. The maximum atomic E-state index is 13.1. The Bertz CT molecular complexity index is 1120. The average molecular weight is 460 g/mol. The zero-order valence-corrected chi connectivity index (χ0v) is 20.0. The third-order valence-corrected chi connectivity index (χ3v) is 6.35. The number of nitrogens with zero attached hydrogens (tertiary/aromatic N) is 1. The lowest BCUT2D eigenvalue weighted by Crippen LogP contribution is -2.22. The average Bonchev–Trinajstić information content (AvgIpc) is 2.84. The monoisotopic (exact) mass is 459 g/mol. The van der Waals surface area contributed by atoms with Crippen molar-refractivity contribution >= 4 is 5.97 Å². The second-order valence-corrected chi connectivity index (χ2v) is 9.01. The fourth-order valence-electron chi connectivity index (χ4n) is 4.53. The molecule has 1 saturated carbocycles. The fraction of sp³-hybridized carbons (Fsp3) is 0.379. The molecule has 0 aliphatic heterocycles. The molecule has 0 spiro atoms. The van der Waals surface area contributed by atoms with Crippen LogP contribution in [0.25, 0.3) is 0 Å². The molecule has 1 aliphatic rings. The van der Waals surface area contributed by atoms with Crippen LogP contribution in [0.2, 0.25) is 0 Å². The van der Waals surface area contributed by atoms with Gasteiger partial charge in [0.1, 0.15) is 23.2 Å². The van der Waals surface area contributed by atoms with E-state index in [2.05, 4.69) is 0 Å². The zero-order valence-electron chi connectivity index (χ0n) is 20.0. The minimum absolute atomic E-state index is 0.0370. The van der Waals surface area contributed by atoms with E-state index < -0.39 is 5.97 Å². The number of aromatic nitrogens is 1. The van der Waals surface area contributed by atoms with Gasteiger partial charge >= 0.3 is 5.97 Å². The Morgan fingerprint density at radius 1 is 1.00 bits per heavy atom. The van der Waals surface area contributed by atoms with Gasteiger partial charge < -0.3 is 14.6 Å². The molecule has 1 fully saturated rings. The summed E-state index contributed by atoms with van der Waals surface area (Å²) in [6, 6.07) is 17.5. The highest BCUT2D eigenvalue weighted by molar-refractivity contribution is 5.94. The molecule has 1 aliphatic carbocycles. The number of carbonyl (C=O) groups is 1. The van der Waals surface area contributed by atoms with E-state index in [4.69, 9.17) is 14.5 Å². The van der Waals surface area contributed by atoms with Crippen molar-refractivity contribution in [3.05, 3.63) is 82.7 Å². The molecule has 178 valence electrons. The van der Waals surface area contributed by atoms with E-state index >= 15 is 0 Å². The molecule has 0 bridgehead atoms. The molecule has 0 unspecified atom stereocenters. The van der Waals surface area contributed by atoms with Gasteiger partial charge in [-0.05, 0) is 74.4 Å².